The first-order valence-corrected chi connectivity index (χ1v) is 4.02. The number of carbonyl (C=O) groups is 2. The first-order chi connectivity index (χ1) is 5.88. The standard InChI is InChI=1S/C8H13NO4/c1-8(2,3)13-7(11)9-4-6(10)12-5-9/h4-5H2,1-3H3. The van der Waals surface area contributed by atoms with Crippen LogP contribution >= 0.6 is 0 Å². The van der Waals surface area contributed by atoms with Crippen LogP contribution in [0.3, 0.4) is 0 Å². The third-order valence-corrected chi connectivity index (χ3v) is 1.35. The molecule has 1 heterocycles. The van der Waals surface area contributed by atoms with Crippen LogP contribution in [0.5, 0.6) is 0 Å². The van der Waals surface area contributed by atoms with Gasteiger partial charge in [-0.1, -0.05) is 0 Å². The van der Waals surface area contributed by atoms with E-state index in [2.05, 4.69) is 4.74 Å². The molecule has 0 spiro atoms. The van der Waals surface area contributed by atoms with Crippen molar-refractivity contribution in [1.82, 2.24) is 4.90 Å². The molecule has 0 bridgehead atoms. The van der Waals surface area contributed by atoms with Gasteiger partial charge in [0.1, 0.15) is 12.1 Å². The van der Waals surface area contributed by atoms with Gasteiger partial charge < -0.3 is 9.47 Å². The van der Waals surface area contributed by atoms with Crippen LogP contribution in [0.1, 0.15) is 20.8 Å². The lowest BCUT2D eigenvalue weighted by Gasteiger charge is -2.22. The van der Waals surface area contributed by atoms with Crippen LogP contribution in [0.4, 0.5) is 4.79 Å². The van der Waals surface area contributed by atoms with Gasteiger partial charge in [-0.3, -0.25) is 9.69 Å². The van der Waals surface area contributed by atoms with E-state index >= 15 is 0 Å². The normalized spacial score (nSPS) is 17.2. The summed E-state index contributed by atoms with van der Waals surface area (Å²) in [4.78, 5) is 23.1. The molecule has 0 saturated carbocycles. The molecular formula is C8H13NO4. The molecule has 0 radical (unpaired) electrons. The number of hydrogen-bond donors (Lipinski definition) is 0. The summed E-state index contributed by atoms with van der Waals surface area (Å²) in [7, 11) is 0. The van der Waals surface area contributed by atoms with Crippen molar-refractivity contribution >= 4 is 12.1 Å². The van der Waals surface area contributed by atoms with Crippen molar-refractivity contribution in [3.63, 3.8) is 0 Å². The smallest absolute Gasteiger partial charge is 0.413 e. The zero-order chi connectivity index (χ0) is 10.1. The van der Waals surface area contributed by atoms with Crippen LogP contribution < -0.4 is 0 Å². The maximum absolute atomic E-state index is 11.3. The average Bonchev–Trinajstić information content (AvgIpc) is 2.31. The molecule has 13 heavy (non-hydrogen) atoms. The van der Waals surface area contributed by atoms with E-state index in [9.17, 15) is 9.59 Å². The molecule has 1 rings (SSSR count). The Morgan fingerprint density at radius 1 is 1.54 bits per heavy atom. The third-order valence-electron chi connectivity index (χ3n) is 1.35. The number of rotatable bonds is 0. The van der Waals surface area contributed by atoms with Crippen molar-refractivity contribution < 1.29 is 19.1 Å². The predicted octanol–water partition coefficient (Wildman–Crippen LogP) is 0.738. The van der Waals surface area contributed by atoms with E-state index in [0.29, 0.717) is 0 Å². The number of carbonyl (C=O) groups excluding carboxylic acids is 2. The van der Waals surface area contributed by atoms with Gasteiger partial charge >= 0.3 is 12.1 Å². The fraction of sp³-hybridized carbons (Fsp3) is 0.750. The summed E-state index contributed by atoms with van der Waals surface area (Å²) in [5, 5.41) is 0. The van der Waals surface area contributed by atoms with Gasteiger partial charge in [0, 0.05) is 0 Å². The van der Waals surface area contributed by atoms with E-state index in [4.69, 9.17) is 4.74 Å². The minimum atomic E-state index is -0.539. The summed E-state index contributed by atoms with van der Waals surface area (Å²) in [6.07, 6.45) is -0.515. The first-order valence-electron chi connectivity index (χ1n) is 4.02. The van der Waals surface area contributed by atoms with Gasteiger partial charge in [0.15, 0.2) is 6.73 Å². The Morgan fingerprint density at radius 3 is 2.54 bits per heavy atom. The quantitative estimate of drug-likeness (QED) is 0.525. The lowest BCUT2D eigenvalue weighted by molar-refractivity contribution is -0.136. The Morgan fingerprint density at radius 2 is 2.15 bits per heavy atom. The van der Waals surface area contributed by atoms with Crippen molar-refractivity contribution in [3.05, 3.63) is 0 Å². The van der Waals surface area contributed by atoms with Crippen molar-refractivity contribution in [2.45, 2.75) is 26.4 Å². The number of nitrogens with zero attached hydrogens (tertiary/aromatic N) is 1. The molecule has 5 nitrogen and oxygen atoms in total. The molecule has 0 unspecified atom stereocenters. The minimum Gasteiger partial charge on any atom is -0.444 e. The Labute approximate surface area is 76.6 Å². The van der Waals surface area contributed by atoms with Crippen LogP contribution in [0.2, 0.25) is 0 Å². The molecule has 1 amide bonds. The molecule has 1 fully saturated rings. The molecule has 0 aromatic carbocycles. The predicted molar refractivity (Wildman–Crippen MR) is 43.9 cm³/mol. The zero-order valence-corrected chi connectivity index (χ0v) is 7.99. The fourth-order valence-corrected chi connectivity index (χ4v) is 0.841. The van der Waals surface area contributed by atoms with E-state index in [0.717, 1.165) is 0 Å². The lowest BCUT2D eigenvalue weighted by Crippen LogP contribution is -2.35. The Balaban J connectivity index is 2.45. The summed E-state index contributed by atoms with van der Waals surface area (Å²) in [5.41, 5.74) is -0.539. The Bertz CT molecular complexity index is 231. The van der Waals surface area contributed by atoms with E-state index in [1.807, 2.05) is 0 Å². The Hall–Kier alpha value is -1.26. The van der Waals surface area contributed by atoms with Gasteiger partial charge in [-0.25, -0.2) is 4.79 Å². The van der Waals surface area contributed by atoms with E-state index in [1.165, 1.54) is 4.90 Å². The maximum atomic E-state index is 11.3. The second-order valence-electron chi connectivity index (χ2n) is 3.82. The second-order valence-corrected chi connectivity index (χ2v) is 3.82. The lowest BCUT2D eigenvalue weighted by atomic mass is 10.2. The molecule has 0 atom stereocenters. The van der Waals surface area contributed by atoms with Gasteiger partial charge in [-0.05, 0) is 20.8 Å². The first kappa shape index (κ1) is 9.83. The largest absolute Gasteiger partial charge is 0.444 e. The SMILES string of the molecule is CC(C)(C)OC(=O)N1COC(=O)C1. The fourth-order valence-electron chi connectivity index (χ4n) is 0.841. The van der Waals surface area contributed by atoms with Crippen LogP contribution in [0.15, 0.2) is 0 Å². The molecule has 1 aliphatic heterocycles. The monoisotopic (exact) mass is 187 g/mol. The summed E-state index contributed by atoms with van der Waals surface area (Å²) in [5.74, 6) is -0.397. The third kappa shape index (κ3) is 2.93. The molecule has 0 aromatic rings. The second kappa shape index (κ2) is 3.24. The van der Waals surface area contributed by atoms with Crippen LogP contribution in [-0.2, 0) is 14.3 Å². The van der Waals surface area contributed by atoms with Crippen molar-refractivity contribution in [2.75, 3.05) is 13.3 Å². The van der Waals surface area contributed by atoms with E-state index in [-0.39, 0.29) is 13.3 Å². The average molecular weight is 187 g/mol. The van der Waals surface area contributed by atoms with Crippen LogP contribution in [0.25, 0.3) is 0 Å². The van der Waals surface area contributed by atoms with Crippen molar-refractivity contribution in [3.8, 4) is 0 Å². The molecule has 1 aliphatic rings. The summed E-state index contributed by atoms with van der Waals surface area (Å²) >= 11 is 0. The maximum Gasteiger partial charge on any atom is 0.413 e. The van der Waals surface area contributed by atoms with Crippen molar-refractivity contribution in [2.24, 2.45) is 0 Å². The van der Waals surface area contributed by atoms with Crippen molar-refractivity contribution in [1.29, 1.82) is 0 Å². The highest BCUT2D eigenvalue weighted by molar-refractivity contribution is 5.80. The molecule has 74 valence electrons. The highest BCUT2D eigenvalue weighted by Crippen LogP contribution is 2.11. The molecular weight excluding hydrogens is 174 g/mol. The highest BCUT2D eigenvalue weighted by atomic mass is 16.6. The minimum absolute atomic E-state index is 0.00620. The number of hydrogen-bond acceptors (Lipinski definition) is 4. The van der Waals surface area contributed by atoms with Gasteiger partial charge in [-0.2, -0.15) is 0 Å². The molecule has 0 aliphatic carbocycles. The number of cyclic esters (lactones) is 1. The zero-order valence-electron chi connectivity index (χ0n) is 7.99. The van der Waals surface area contributed by atoms with E-state index < -0.39 is 17.7 Å². The van der Waals surface area contributed by atoms with E-state index in [1.54, 1.807) is 20.8 Å². The summed E-state index contributed by atoms with van der Waals surface area (Å²) in [6, 6.07) is 0. The highest BCUT2D eigenvalue weighted by Gasteiger charge is 2.29. The number of esters is 1. The Kier molecular flexibility index (Phi) is 2.45. The summed E-state index contributed by atoms with van der Waals surface area (Å²) < 4.78 is 9.61. The molecule has 0 N–H and O–H groups in total. The van der Waals surface area contributed by atoms with Gasteiger partial charge in [0.2, 0.25) is 0 Å². The van der Waals surface area contributed by atoms with Crippen LogP contribution in [-0.4, -0.2) is 35.8 Å². The van der Waals surface area contributed by atoms with Gasteiger partial charge in [-0.15, -0.1) is 0 Å². The van der Waals surface area contributed by atoms with Crippen LogP contribution in [0, 0.1) is 0 Å². The van der Waals surface area contributed by atoms with Gasteiger partial charge in [0.25, 0.3) is 0 Å². The topological polar surface area (TPSA) is 55.8 Å². The van der Waals surface area contributed by atoms with Gasteiger partial charge in [0.05, 0.1) is 0 Å². The number of amides is 1. The summed E-state index contributed by atoms with van der Waals surface area (Å²) in [6.45, 7) is 5.28. The number of ether oxygens (including phenoxy) is 2. The molecule has 1 saturated heterocycles. The molecule has 5 heteroatoms. The molecule has 0 aromatic heterocycles.